The van der Waals surface area contributed by atoms with Crippen LogP contribution >= 0.6 is 0 Å². The van der Waals surface area contributed by atoms with E-state index >= 15 is 0 Å². The minimum atomic E-state index is -2.92. The first kappa shape index (κ1) is 11.6. The summed E-state index contributed by atoms with van der Waals surface area (Å²) in [6.07, 6.45) is 2.26. The van der Waals surface area contributed by atoms with E-state index in [4.69, 9.17) is 5.73 Å². The highest BCUT2D eigenvalue weighted by Gasteiger charge is 2.04. The van der Waals surface area contributed by atoms with Crippen LogP contribution in [0.2, 0.25) is 0 Å². The largest absolute Gasteiger partial charge is 0.330 e. The van der Waals surface area contributed by atoms with Crippen LogP contribution in [0.3, 0.4) is 0 Å². The zero-order valence-electron chi connectivity index (χ0n) is 7.25. The molecule has 72 valence electrons. The number of ketones is 1. The summed E-state index contributed by atoms with van der Waals surface area (Å²) in [4.78, 5) is 10.9. The molecule has 0 aromatic carbocycles. The number of nitrogens with two attached hydrogens (primary N) is 1. The molecule has 0 aliphatic heterocycles. The first-order valence-corrected chi connectivity index (χ1v) is 5.91. The molecule has 0 aromatic heterocycles. The van der Waals surface area contributed by atoms with E-state index in [1.807, 2.05) is 0 Å². The molecular weight excluding hydrogens is 178 g/mol. The van der Waals surface area contributed by atoms with Gasteiger partial charge in [-0.2, -0.15) is 0 Å². The van der Waals surface area contributed by atoms with Gasteiger partial charge in [0.2, 0.25) is 0 Å². The zero-order chi connectivity index (χ0) is 9.61. The topological polar surface area (TPSA) is 77.2 Å². The Morgan fingerprint density at radius 2 is 1.92 bits per heavy atom. The third-order valence-corrected chi connectivity index (χ3v) is 2.42. The first-order chi connectivity index (χ1) is 5.45. The van der Waals surface area contributed by atoms with Crippen molar-refractivity contribution < 1.29 is 13.2 Å². The van der Waals surface area contributed by atoms with E-state index in [1.54, 1.807) is 0 Å². The fraction of sp³-hybridized carbons (Fsp3) is 0.857. The Morgan fingerprint density at radius 3 is 2.33 bits per heavy atom. The Balaban J connectivity index is 3.51. The molecule has 0 spiro atoms. The fourth-order valence-electron chi connectivity index (χ4n) is 0.818. The molecule has 0 amide bonds. The molecule has 0 rings (SSSR count). The van der Waals surface area contributed by atoms with E-state index in [1.165, 1.54) is 6.26 Å². The summed E-state index contributed by atoms with van der Waals surface area (Å²) < 4.78 is 21.3. The van der Waals surface area contributed by atoms with E-state index in [0.29, 0.717) is 25.8 Å². The standard InChI is InChI=1S/C7H15NO3S/c1-12(10,11)6-2-3-7(9)4-5-8/h2-6,8H2,1H3. The average Bonchev–Trinajstić information content (AvgIpc) is 1.84. The van der Waals surface area contributed by atoms with Crippen LogP contribution in [-0.4, -0.2) is 32.8 Å². The molecule has 0 fully saturated rings. The first-order valence-electron chi connectivity index (χ1n) is 3.85. The van der Waals surface area contributed by atoms with Crippen molar-refractivity contribution in [3.63, 3.8) is 0 Å². The van der Waals surface area contributed by atoms with Gasteiger partial charge in [0, 0.05) is 19.1 Å². The fourth-order valence-corrected chi connectivity index (χ4v) is 1.49. The van der Waals surface area contributed by atoms with Gasteiger partial charge in [0.1, 0.15) is 15.6 Å². The number of Topliss-reactive ketones (excluding diaryl/α,β-unsaturated/α-hetero) is 1. The van der Waals surface area contributed by atoms with E-state index in [2.05, 4.69) is 0 Å². The van der Waals surface area contributed by atoms with E-state index in [-0.39, 0.29) is 11.5 Å². The van der Waals surface area contributed by atoms with Crippen LogP contribution in [-0.2, 0) is 14.6 Å². The summed E-state index contributed by atoms with van der Waals surface area (Å²) in [6, 6.07) is 0. The minimum Gasteiger partial charge on any atom is -0.330 e. The molecule has 0 bridgehead atoms. The third kappa shape index (κ3) is 7.68. The third-order valence-electron chi connectivity index (χ3n) is 1.39. The van der Waals surface area contributed by atoms with E-state index in [9.17, 15) is 13.2 Å². The van der Waals surface area contributed by atoms with Crippen molar-refractivity contribution >= 4 is 15.6 Å². The van der Waals surface area contributed by atoms with Crippen molar-refractivity contribution in [1.29, 1.82) is 0 Å². The summed E-state index contributed by atoms with van der Waals surface area (Å²) in [5.41, 5.74) is 5.15. The van der Waals surface area contributed by atoms with Gasteiger partial charge in [-0.05, 0) is 13.0 Å². The van der Waals surface area contributed by atoms with E-state index < -0.39 is 9.84 Å². The van der Waals surface area contributed by atoms with Gasteiger partial charge in [0.25, 0.3) is 0 Å². The molecule has 0 aliphatic carbocycles. The van der Waals surface area contributed by atoms with Crippen molar-refractivity contribution in [1.82, 2.24) is 0 Å². The Kier molecular flexibility index (Phi) is 5.08. The molecule has 0 saturated carbocycles. The van der Waals surface area contributed by atoms with Crippen molar-refractivity contribution in [2.75, 3.05) is 18.6 Å². The van der Waals surface area contributed by atoms with Crippen LogP contribution < -0.4 is 5.73 Å². The molecule has 0 aliphatic rings. The molecule has 0 radical (unpaired) electrons. The van der Waals surface area contributed by atoms with Crippen molar-refractivity contribution in [3.05, 3.63) is 0 Å². The summed E-state index contributed by atoms with van der Waals surface area (Å²) in [5.74, 6) is 0.129. The summed E-state index contributed by atoms with van der Waals surface area (Å²) in [7, 11) is -2.92. The maximum atomic E-state index is 10.9. The van der Waals surface area contributed by atoms with Gasteiger partial charge in [-0.3, -0.25) is 4.79 Å². The summed E-state index contributed by atoms with van der Waals surface area (Å²) in [6.45, 7) is 0.345. The maximum absolute atomic E-state index is 10.9. The van der Waals surface area contributed by atoms with Crippen LogP contribution in [0.1, 0.15) is 19.3 Å². The number of carbonyl (C=O) groups is 1. The van der Waals surface area contributed by atoms with Crippen LogP contribution in [0.15, 0.2) is 0 Å². The number of rotatable bonds is 6. The molecule has 5 heteroatoms. The zero-order valence-corrected chi connectivity index (χ0v) is 8.06. The smallest absolute Gasteiger partial charge is 0.147 e. The quantitative estimate of drug-likeness (QED) is 0.630. The van der Waals surface area contributed by atoms with Crippen molar-refractivity contribution in [2.45, 2.75) is 19.3 Å². The van der Waals surface area contributed by atoms with Gasteiger partial charge in [-0.1, -0.05) is 0 Å². The van der Waals surface area contributed by atoms with Crippen LogP contribution in [0.4, 0.5) is 0 Å². The van der Waals surface area contributed by atoms with Gasteiger partial charge in [-0.15, -0.1) is 0 Å². The molecule has 2 N–H and O–H groups in total. The lowest BCUT2D eigenvalue weighted by Crippen LogP contribution is -2.10. The van der Waals surface area contributed by atoms with Gasteiger partial charge in [-0.25, -0.2) is 8.42 Å². The Hall–Kier alpha value is -0.420. The summed E-state index contributed by atoms with van der Waals surface area (Å²) in [5, 5.41) is 0. The second-order valence-electron chi connectivity index (χ2n) is 2.81. The lowest BCUT2D eigenvalue weighted by molar-refractivity contribution is -0.118. The molecular formula is C7H15NO3S. The predicted molar refractivity (Wildman–Crippen MR) is 47.6 cm³/mol. The van der Waals surface area contributed by atoms with Crippen LogP contribution in [0.5, 0.6) is 0 Å². The second kappa shape index (κ2) is 5.27. The molecule has 0 atom stereocenters. The number of sulfone groups is 1. The highest BCUT2D eigenvalue weighted by Crippen LogP contribution is 1.97. The van der Waals surface area contributed by atoms with Crippen LogP contribution in [0, 0.1) is 0 Å². The number of hydrogen-bond acceptors (Lipinski definition) is 4. The van der Waals surface area contributed by atoms with Gasteiger partial charge >= 0.3 is 0 Å². The Labute approximate surface area is 73.1 Å². The van der Waals surface area contributed by atoms with E-state index in [0.717, 1.165) is 0 Å². The van der Waals surface area contributed by atoms with Gasteiger partial charge < -0.3 is 5.73 Å². The minimum absolute atomic E-state index is 0.0427. The monoisotopic (exact) mass is 193 g/mol. The Morgan fingerprint density at radius 1 is 1.33 bits per heavy atom. The van der Waals surface area contributed by atoms with Crippen LogP contribution in [0.25, 0.3) is 0 Å². The number of carbonyl (C=O) groups excluding carboxylic acids is 1. The molecule has 0 saturated heterocycles. The van der Waals surface area contributed by atoms with Gasteiger partial charge in [0.05, 0.1) is 5.75 Å². The predicted octanol–water partition coefficient (Wildman–Crippen LogP) is -0.271. The average molecular weight is 193 g/mol. The number of hydrogen-bond donors (Lipinski definition) is 1. The highest BCUT2D eigenvalue weighted by atomic mass is 32.2. The highest BCUT2D eigenvalue weighted by molar-refractivity contribution is 7.90. The molecule has 0 heterocycles. The SMILES string of the molecule is CS(=O)(=O)CCCC(=O)CCN. The molecule has 12 heavy (non-hydrogen) atoms. The van der Waals surface area contributed by atoms with Crippen molar-refractivity contribution in [3.8, 4) is 0 Å². The van der Waals surface area contributed by atoms with Gasteiger partial charge in [0.15, 0.2) is 0 Å². The molecule has 0 aromatic rings. The normalized spacial score (nSPS) is 11.5. The summed E-state index contributed by atoms with van der Waals surface area (Å²) >= 11 is 0. The Bertz CT molecular complexity index is 233. The molecule has 0 unspecified atom stereocenters. The molecule has 4 nitrogen and oxygen atoms in total. The lowest BCUT2D eigenvalue weighted by Gasteiger charge is -1.97. The van der Waals surface area contributed by atoms with Crippen molar-refractivity contribution in [2.24, 2.45) is 5.73 Å². The maximum Gasteiger partial charge on any atom is 0.147 e. The second-order valence-corrected chi connectivity index (χ2v) is 5.07. The lowest BCUT2D eigenvalue weighted by atomic mass is 10.2.